The van der Waals surface area contributed by atoms with E-state index in [1.165, 1.54) is 51.4 Å². The van der Waals surface area contributed by atoms with Crippen LogP contribution in [0.3, 0.4) is 0 Å². The van der Waals surface area contributed by atoms with Crippen molar-refractivity contribution >= 4 is 17.9 Å². The van der Waals surface area contributed by atoms with Gasteiger partial charge in [0.15, 0.2) is 0 Å². The van der Waals surface area contributed by atoms with Crippen molar-refractivity contribution in [3.63, 3.8) is 0 Å². The van der Waals surface area contributed by atoms with E-state index in [4.69, 9.17) is 18.9 Å². The van der Waals surface area contributed by atoms with Gasteiger partial charge in [0.05, 0.1) is 19.3 Å². The van der Waals surface area contributed by atoms with Crippen LogP contribution in [0.2, 0.25) is 0 Å². The third-order valence-electron chi connectivity index (χ3n) is 9.74. The van der Waals surface area contributed by atoms with E-state index < -0.39 is 0 Å². The van der Waals surface area contributed by atoms with Crippen LogP contribution in [0, 0.1) is 0 Å². The molecule has 0 aromatic carbocycles. The Morgan fingerprint density at radius 3 is 1.43 bits per heavy atom. The normalized spacial score (nSPS) is 14.0. The van der Waals surface area contributed by atoms with Crippen molar-refractivity contribution in [2.75, 3.05) is 40.0 Å². The number of esters is 3. The minimum Gasteiger partial charge on any atom is -0.466 e. The van der Waals surface area contributed by atoms with Gasteiger partial charge in [-0.15, -0.1) is 0 Å². The van der Waals surface area contributed by atoms with Crippen LogP contribution in [-0.4, -0.2) is 75.0 Å². The molecular formula is C41H77NO7. The summed E-state index contributed by atoms with van der Waals surface area (Å²) >= 11 is 0. The van der Waals surface area contributed by atoms with Crippen LogP contribution in [0.25, 0.3) is 0 Å². The van der Waals surface area contributed by atoms with Gasteiger partial charge in [-0.05, 0) is 71.3 Å². The maximum atomic E-state index is 12.7. The Hall–Kier alpha value is -1.67. The first-order valence-corrected chi connectivity index (χ1v) is 20.7. The number of carbonyl (C=O) groups excluding carboxylic acids is 3. The molecule has 1 aliphatic rings. The highest BCUT2D eigenvalue weighted by Crippen LogP contribution is 2.18. The standard InChI is InChI=1S/C41H77NO7/c1-4-6-8-10-18-24-34-46-39(43)28-22-16-12-14-20-26-38(49-41(45)36-48-37-30-32-42(3)33-31-37)27-21-15-13-17-23-29-40(44)47-35-25-19-11-9-7-5-2/h37-38H,4-36H2,1-3H3. The highest BCUT2D eigenvalue weighted by atomic mass is 16.6. The molecule has 0 amide bonds. The second-order valence-corrected chi connectivity index (χ2v) is 14.5. The second-order valence-electron chi connectivity index (χ2n) is 14.5. The van der Waals surface area contributed by atoms with Crippen LogP contribution in [0.15, 0.2) is 0 Å². The van der Waals surface area contributed by atoms with Gasteiger partial charge in [-0.3, -0.25) is 9.59 Å². The number of hydrogen-bond donors (Lipinski definition) is 0. The zero-order valence-corrected chi connectivity index (χ0v) is 32.3. The van der Waals surface area contributed by atoms with E-state index in [0.717, 1.165) is 129 Å². The predicted octanol–water partition coefficient (Wildman–Crippen LogP) is 10.3. The van der Waals surface area contributed by atoms with E-state index in [9.17, 15) is 14.4 Å². The molecule has 1 heterocycles. The number of carbonyl (C=O) groups is 3. The lowest BCUT2D eigenvalue weighted by Gasteiger charge is -2.28. The van der Waals surface area contributed by atoms with E-state index in [2.05, 4.69) is 25.8 Å². The van der Waals surface area contributed by atoms with E-state index in [0.29, 0.717) is 26.1 Å². The summed E-state index contributed by atoms with van der Waals surface area (Å²) in [5.74, 6) is -0.374. The topological polar surface area (TPSA) is 91.4 Å². The molecule has 0 saturated carbocycles. The van der Waals surface area contributed by atoms with Crippen LogP contribution in [0.4, 0.5) is 0 Å². The molecule has 0 spiro atoms. The molecule has 1 aliphatic heterocycles. The molecule has 8 heteroatoms. The Kier molecular flexibility index (Phi) is 31.0. The Labute approximate surface area is 301 Å². The third-order valence-corrected chi connectivity index (χ3v) is 9.74. The summed E-state index contributed by atoms with van der Waals surface area (Å²) in [4.78, 5) is 39.0. The average molecular weight is 696 g/mol. The number of rotatable bonds is 34. The fourth-order valence-corrected chi connectivity index (χ4v) is 6.44. The van der Waals surface area contributed by atoms with Gasteiger partial charge in [0.1, 0.15) is 12.7 Å². The van der Waals surface area contributed by atoms with E-state index in [1.807, 2.05) is 0 Å². The van der Waals surface area contributed by atoms with Gasteiger partial charge in [0.25, 0.3) is 0 Å². The van der Waals surface area contributed by atoms with Crippen LogP contribution in [0.5, 0.6) is 0 Å². The van der Waals surface area contributed by atoms with Gasteiger partial charge in [0.2, 0.25) is 0 Å². The summed E-state index contributed by atoms with van der Waals surface area (Å²) in [6, 6.07) is 0. The molecule has 8 nitrogen and oxygen atoms in total. The van der Waals surface area contributed by atoms with Crippen LogP contribution in [0.1, 0.15) is 194 Å². The van der Waals surface area contributed by atoms with Gasteiger partial charge in [-0.1, -0.05) is 117 Å². The van der Waals surface area contributed by atoms with Gasteiger partial charge in [-0.2, -0.15) is 0 Å². The van der Waals surface area contributed by atoms with Crippen LogP contribution >= 0.6 is 0 Å². The summed E-state index contributed by atoms with van der Waals surface area (Å²) in [5.41, 5.74) is 0. The molecule has 288 valence electrons. The summed E-state index contributed by atoms with van der Waals surface area (Å²) < 4.78 is 22.6. The number of piperidine rings is 1. The highest BCUT2D eigenvalue weighted by molar-refractivity contribution is 5.71. The number of unbranched alkanes of at least 4 members (excludes halogenated alkanes) is 18. The molecule has 0 N–H and O–H groups in total. The molecule has 1 saturated heterocycles. The summed E-state index contributed by atoms with van der Waals surface area (Å²) in [7, 11) is 2.12. The molecule has 49 heavy (non-hydrogen) atoms. The van der Waals surface area contributed by atoms with E-state index in [-0.39, 0.29) is 36.7 Å². The second kappa shape index (κ2) is 33.5. The Bertz CT molecular complexity index is 740. The predicted molar refractivity (Wildman–Crippen MR) is 200 cm³/mol. The van der Waals surface area contributed by atoms with E-state index >= 15 is 0 Å². The third kappa shape index (κ3) is 29.7. The maximum absolute atomic E-state index is 12.7. The van der Waals surface area contributed by atoms with Crippen molar-refractivity contribution in [2.45, 2.75) is 206 Å². The van der Waals surface area contributed by atoms with Crippen molar-refractivity contribution in [2.24, 2.45) is 0 Å². The SMILES string of the molecule is CCCCCCCCOC(=O)CCCCCCCC(CCCCCCCC(=O)OCCCCCCCC)OC(=O)COC1CCN(C)CC1. The van der Waals surface area contributed by atoms with Crippen molar-refractivity contribution in [1.29, 1.82) is 0 Å². The van der Waals surface area contributed by atoms with Crippen molar-refractivity contribution in [3.05, 3.63) is 0 Å². The summed E-state index contributed by atoms with van der Waals surface area (Å²) in [5, 5.41) is 0. The average Bonchev–Trinajstić information content (AvgIpc) is 3.09. The molecule has 1 fully saturated rings. The Morgan fingerprint density at radius 2 is 0.959 bits per heavy atom. The maximum Gasteiger partial charge on any atom is 0.332 e. The minimum atomic E-state index is -0.247. The minimum absolute atomic E-state index is 0.0365. The monoisotopic (exact) mass is 696 g/mol. The number of likely N-dealkylation sites (tertiary alicyclic amines) is 1. The molecule has 0 aromatic rings. The highest BCUT2D eigenvalue weighted by Gasteiger charge is 2.20. The molecule has 0 atom stereocenters. The first-order chi connectivity index (χ1) is 23.9. The van der Waals surface area contributed by atoms with Gasteiger partial charge in [0, 0.05) is 25.9 Å². The first kappa shape index (κ1) is 45.4. The summed E-state index contributed by atoms with van der Waals surface area (Å²) in [6.45, 7) is 7.60. The molecule has 0 aromatic heterocycles. The van der Waals surface area contributed by atoms with Crippen molar-refractivity contribution in [3.8, 4) is 0 Å². The quantitative estimate of drug-likeness (QED) is 0.0373. The fourth-order valence-electron chi connectivity index (χ4n) is 6.44. The molecule has 0 aliphatic carbocycles. The molecule has 1 rings (SSSR count). The molecule has 0 radical (unpaired) electrons. The zero-order valence-electron chi connectivity index (χ0n) is 32.3. The largest absolute Gasteiger partial charge is 0.466 e. The lowest BCUT2D eigenvalue weighted by atomic mass is 10.0. The van der Waals surface area contributed by atoms with Gasteiger partial charge < -0.3 is 23.8 Å². The Balaban J connectivity index is 2.21. The van der Waals surface area contributed by atoms with Crippen molar-refractivity contribution in [1.82, 2.24) is 4.90 Å². The fraction of sp³-hybridized carbons (Fsp3) is 0.927. The van der Waals surface area contributed by atoms with Gasteiger partial charge in [-0.25, -0.2) is 4.79 Å². The lowest BCUT2D eigenvalue weighted by molar-refractivity contribution is -0.158. The smallest absolute Gasteiger partial charge is 0.332 e. The van der Waals surface area contributed by atoms with Crippen LogP contribution < -0.4 is 0 Å². The van der Waals surface area contributed by atoms with Crippen LogP contribution in [-0.2, 0) is 33.3 Å². The number of hydrogen-bond acceptors (Lipinski definition) is 8. The van der Waals surface area contributed by atoms with Gasteiger partial charge >= 0.3 is 17.9 Å². The molecule has 0 unspecified atom stereocenters. The summed E-state index contributed by atoms with van der Waals surface area (Å²) in [6.07, 6.45) is 29.2. The molecule has 0 bridgehead atoms. The van der Waals surface area contributed by atoms with Crippen molar-refractivity contribution < 1.29 is 33.3 Å². The van der Waals surface area contributed by atoms with E-state index in [1.54, 1.807) is 0 Å². The zero-order chi connectivity index (χ0) is 35.6. The molecular weight excluding hydrogens is 618 g/mol. The lowest BCUT2D eigenvalue weighted by Crippen LogP contribution is -2.35. The number of ether oxygens (including phenoxy) is 4. The Morgan fingerprint density at radius 1 is 0.551 bits per heavy atom. The number of nitrogens with zero attached hydrogens (tertiary/aromatic N) is 1. The first-order valence-electron chi connectivity index (χ1n) is 20.7.